The Morgan fingerprint density at radius 1 is 1.42 bits per heavy atom. The number of benzene rings is 1. The largest absolute Gasteiger partial charge is 0.479 e. The highest BCUT2D eigenvalue weighted by Crippen LogP contribution is 2.27. The number of carbonyl (C=O) groups excluding carboxylic acids is 1. The zero-order chi connectivity index (χ0) is 14.0. The first-order chi connectivity index (χ1) is 8.95. The number of nitrogens with zero attached hydrogens (tertiary/aromatic N) is 1. The molecule has 0 bridgehead atoms. The first kappa shape index (κ1) is 13.0. The van der Waals surface area contributed by atoms with Crippen molar-refractivity contribution in [1.82, 2.24) is 5.32 Å². The summed E-state index contributed by atoms with van der Waals surface area (Å²) in [5.41, 5.74) is 0.214. The molecule has 2 rings (SSSR count). The second-order valence-electron chi connectivity index (χ2n) is 3.63. The second kappa shape index (κ2) is 4.69. The van der Waals surface area contributed by atoms with E-state index in [4.69, 9.17) is 5.11 Å². The lowest BCUT2D eigenvalue weighted by Gasteiger charge is -2.21. The van der Waals surface area contributed by atoms with E-state index in [9.17, 15) is 18.0 Å². The Balaban J connectivity index is 2.49. The number of carbonyl (C=O) groups is 2. The number of hydrogen-bond acceptors (Lipinski definition) is 5. The van der Waals surface area contributed by atoms with E-state index in [0.29, 0.717) is 0 Å². The van der Waals surface area contributed by atoms with Crippen LogP contribution in [0.2, 0.25) is 0 Å². The number of carboxylic acids is 1. The molecule has 1 atom stereocenters. The number of nitrogens with one attached hydrogen (secondary N) is 2. The van der Waals surface area contributed by atoms with Crippen molar-refractivity contribution in [2.24, 2.45) is 4.40 Å². The van der Waals surface area contributed by atoms with Gasteiger partial charge >= 0.3 is 5.97 Å². The van der Waals surface area contributed by atoms with E-state index in [0.717, 1.165) is 0 Å². The number of fused-ring (bicyclic) bond motifs is 1. The monoisotopic (exact) mass is 283 g/mol. The van der Waals surface area contributed by atoms with Gasteiger partial charge in [-0.1, -0.05) is 12.1 Å². The molecule has 1 heterocycles. The maximum Gasteiger partial charge on any atom is 0.334 e. The Morgan fingerprint density at radius 2 is 2.11 bits per heavy atom. The number of amides is 1. The van der Waals surface area contributed by atoms with Crippen LogP contribution in [0, 0.1) is 0 Å². The minimum absolute atomic E-state index is 0.0472. The lowest BCUT2D eigenvalue weighted by molar-refractivity contribution is -0.138. The van der Waals surface area contributed by atoms with Crippen molar-refractivity contribution < 1.29 is 23.1 Å². The first-order valence-electron chi connectivity index (χ1n) is 5.09. The molecule has 0 fully saturated rings. The zero-order valence-corrected chi connectivity index (χ0v) is 10.2. The molecular weight excluding hydrogens is 274 g/mol. The van der Waals surface area contributed by atoms with Crippen LogP contribution in [0.4, 0.5) is 5.69 Å². The van der Waals surface area contributed by atoms with E-state index >= 15 is 0 Å². The standard InChI is InChI=1S/C10H9N3O5S/c14-5-11-8(10(15)16)9-12-6-3-1-2-4-7(6)19(17,18)13-9/h1-5,8H,(H,11,14)(H,12,13)(H,15,16). The molecule has 1 aromatic rings. The third-order valence-electron chi connectivity index (χ3n) is 2.40. The van der Waals surface area contributed by atoms with Crippen molar-refractivity contribution in [1.29, 1.82) is 0 Å². The molecule has 0 saturated heterocycles. The van der Waals surface area contributed by atoms with Crippen LogP contribution in [0.15, 0.2) is 33.6 Å². The fraction of sp³-hybridized carbons (Fsp3) is 0.100. The lowest BCUT2D eigenvalue weighted by Crippen LogP contribution is -2.47. The summed E-state index contributed by atoms with van der Waals surface area (Å²) < 4.78 is 27.1. The van der Waals surface area contributed by atoms with Crippen molar-refractivity contribution >= 4 is 33.9 Å². The molecule has 1 amide bonds. The minimum atomic E-state index is -3.98. The van der Waals surface area contributed by atoms with Gasteiger partial charge < -0.3 is 15.7 Å². The molecule has 1 aliphatic heterocycles. The van der Waals surface area contributed by atoms with Gasteiger partial charge in [-0.15, -0.1) is 4.40 Å². The fourth-order valence-corrected chi connectivity index (χ4v) is 2.75. The number of anilines is 1. The number of amidine groups is 1. The molecule has 0 radical (unpaired) electrons. The fourth-order valence-electron chi connectivity index (χ4n) is 1.59. The number of para-hydroxylation sites is 1. The molecule has 100 valence electrons. The predicted octanol–water partition coefficient (Wildman–Crippen LogP) is -0.601. The molecule has 1 unspecified atom stereocenters. The molecule has 8 nitrogen and oxygen atoms in total. The number of hydrogen-bond donors (Lipinski definition) is 3. The quantitative estimate of drug-likeness (QED) is 0.633. The van der Waals surface area contributed by atoms with E-state index in [2.05, 4.69) is 9.71 Å². The van der Waals surface area contributed by atoms with Gasteiger partial charge in [0.2, 0.25) is 6.41 Å². The van der Waals surface area contributed by atoms with E-state index < -0.39 is 22.0 Å². The second-order valence-corrected chi connectivity index (χ2v) is 5.20. The first-order valence-corrected chi connectivity index (χ1v) is 6.53. The third kappa shape index (κ3) is 2.40. The molecule has 0 spiro atoms. The molecule has 0 saturated carbocycles. The molecule has 0 aliphatic carbocycles. The van der Waals surface area contributed by atoms with Crippen molar-refractivity contribution in [3.05, 3.63) is 24.3 Å². The Bertz CT molecular complexity index is 667. The van der Waals surface area contributed by atoms with Crippen molar-refractivity contribution in [2.75, 3.05) is 5.32 Å². The average molecular weight is 283 g/mol. The van der Waals surface area contributed by atoms with E-state index in [1.807, 2.05) is 5.32 Å². The van der Waals surface area contributed by atoms with Crippen LogP contribution in [-0.4, -0.2) is 37.8 Å². The SMILES string of the molecule is O=CNC(C(=O)O)C1=NS(=O)(=O)c2ccccc2N1. The van der Waals surface area contributed by atoms with Gasteiger partial charge in [-0.2, -0.15) is 8.42 Å². The molecule has 1 aromatic carbocycles. The van der Waals surface area contributed by atoms with Crippen LogP contribution in [-0.2, 0) is 19.6 Å². The number of carboxylic acid groups (broad SMARTS) is 1. The molecule has 0 aromatic heterocycles. The summed E-state index contributed by atoms with van der Waals surface area (Å²) in [5.74, 6) is -1.79. The van der Waals surface area contributed by atoms with Crippen molar-refractivity contribution in [3.63, 3.8) is 0 Å². The van der Waals surface area contributed by atoms with Crippen LogP contribution < -0.4 is 10.6 Å². The van der Waals surface area contributed by atoms with E-state index in [1.165, 1.54) is 18.2 Å². The van der Waals surface area contributed by atoms with Crippen LogP contribution in [0.5, 0.6) is 0 Å². The van der Waals surface area contributed by atoms with Crippen molar-refractivity contribution in [3.8, 4) is 0 Å². The molecule has 3 N–H and O–H groups in total. The van der Waals surface area contributed by atoms with Crippen LogP contribution in [0.1, 0.15) is 0 Å². The highest BCUT2D eigenvalue weighted by molar-refractivity contribution is 7.90. The Hall–Kier alpha value is -2.42. The predicted molar refractivity (Wildman–Crippen MR) is 65.3 cm³/mol. The van der Waals surface area contributed by atoms with Crippen LogP contribution in [0.25, 0.3) is 0 Å². The van der Waals surface area contributed by atoms with Crippen LogP contribution >= 0.6 is 0 Å². The smallest absolute Gasteiger partial charge is 0.334 e. The van der Waals surface area contributed by atoms with E-state index in [1.54, 1.807) is 6.07 Å². The average Bonchev–Trinajstić information content (AvgIpc) is 2.34. The van der Waals surface area contributed by atoms with Gasteiger partial charge in [-0.3, -0.25) is 4.79 Å². The summed E-state index contributed by atoms with van der Waals surface area (Å²) in [6, 6.07) is 4.38. The molecular formula is C10H9N3O5S. The Kier molecular flexibility index (Phi) is 3.21. The summed E-state index contributed by atoms with van der Waals surface area (Å²) in [5, 5.41) is 13.5. The highest BCUT2D eigenvalue weighted by Gasteiger charge is 2.31. The maximum atomic E-state index is 11.9. The number of sulfonamides is 1. The van der Waals surface area contributed by atoms with Gasteiger partial charge in [0.1, 0.15) is 4.90 Å². The molecule has 19 heavy (non-hydrogen) atoms. The van der Waals surface area contributed by atoms with Gasteiger partial charge in [0, 0.05) is 0 Å². The van der Waals surface area contributed by atoms with Gasteiger partial charge in [0.05, 0.1) is 5.69 Å². The summed E-state index contributed by atoms with van der Waals surface area (Å²) in [7, 11) is -3.98. The summed E-state index contributed by atoms with van der Waals surface area (Å²) in [4.78, 5) is 21.3. The number of aliphatic carboxylic acids is 1. The zero-order valence-electron chi connectivity index (χ0n) is 9.40. The maximum absolute atomic E-state index is 11.9. The normalized spacial score (nSPS) is 17.4. The van der Waals surface area contributed by atoms with Gasteiger partial charge in [-0.25, -0.2) is 4.79 Å². The van der Waals surface area contributed by atoms with Crippen molar-refractivity contribution in [2.45, 2.75) is 10.9 Å². The highest BCUT2D eigenvalue weighted by atomic mass is 32.2. The Labute approximate surface area is 108 Å². The van der Waals surface area contributed by atoms with E-state index in [-0.39, 0.29) is 22.8 Å². The van der Waals surface area contributed by atoms with Gasteiger partial charge in [0.15, 0.2) is 11.9 Å². The summed E-state index contributed by atoms with van der Waals surface area (Å²) in [6.45, 7) is 0. The lowest BCUT2D eigenvalue weighted by atomic mass is 10.2. The molecule has 1 aliphatic rings. The molecule has 9 heteroatoms. The minimum Gasteiger partial charge on any atom is -0.479 e. The Morgan fingerprint density at radius 3 is 2.74 bits per heavy atom. The van der Waals surface area contributed by atoms with Gasteiger partial charge in [0.25, 0.3) is 10.0 Å². The van der Waals surface area contributed by atoms with Gasteiger partial charge in [-0.05, 0) is 12.1 Å². The topological polar surface area (TPSA) is 125 Å². The number of rotatable bonds is 4. The summed E-state index contributed by atoms with van der Waals surface area (Å²) in [6.07, 6.45) is 0.163. The summed E-state index contributed by atoms with van der Waals surface area (Å²) >= 11 is 0. The van der Waals surface area contributed by atoms with Crippen LogP contribution in [0.3, 0.4) is 0 Å². The third-order valence-corrected chi connectivity index (χ3v) is 3.75.